The fraction of sp³-hybridized carbons (Fsp3) is 1.00. The van der Waals surface area contributed by atoms with Crippen LogP contribution in [-0.4, -0.2) is 48.6 Å². The Morgan fingerprint density at radius 1 is 1.07 bits per heavy atom. The minimum atomic E-state index is -3.49. The van der Waals surface area contributed by atoms with Crippen molar-refractivity contribution in [3.8, 4) is 0 Å². The van der Waals surface area contributed by atoms with Crippen molar-refractivity contribution in [3.05, 3.63) is 0 Å². The Bertz CT molecular complexity index is 522. The van der Waals surface area contributed by atoms with E-state index in [1.165, 1.54) is 0 Å². The van der Waals surface area contributed by atoms with E-state index in [0.29, 0.717) is 6.61 Å². The smallest absolute Gasteiger partial charge is 0.264 e. The van der Waals surface area contributed by atoms with Gasteiger partial charge in [0.05, 0.1) is 25.1 Å². The molecule has 1 radical (unpaired) electrons. The zero-order valence-corrected chi connectivity index (χ0v) is 20.4. The maximum atomic E-state index is 11.6. The Morgan fingerprint density at radius 3 is 2.15 bits per heavy atom. The Labute approximate surface area is 169 Å². The summed E-state index contributed by atoms with van der Waals surface area (Å²) in [7, 11) is -4.54. The van der Waals surface area contributed by atoms with Gasteiger partial charge in [-0.15, -0.1) is 0 Å². The standard InChI is InChI=1S/C20H41O5SSi/c1-9-10-11-12-18(25-26(8,21)22)17-14-13-16(24-17)15-23-27(19(2,3)4)20(5,6)7/h16-18H,9-15H2,1-8H3/t16-,17+,18+/m1/s1. The van der Waals surface area contributed by atoms with Crippen LogP contribution in [0.25, 0.3) is 0 Å². The van der Waals surface area contributed by atoms with Crippen molar-refractivity contribution >= 4 is 19.2 Å². The van der Waals surface area contributed by atoms with Crippen molar-refractivity contribution in [1.29, 1.82) is 0 Å². The van der Waals surface area contributed by atoms with E-state index in [1.807, 2.05) is 0 Å². The molecule has 1 fully saturated rings. The van der Waals surface area contributed by atoms with Crippen LogP contribution < -0.4 is 0 Å². The second-order valence-corrected chi connectivity index (χ2v) is 15.4. The molecule has 1 aliphatic heterocycles. The van der Waals surface area contributed by atoms with Gasteiger partial charge in [-0.05, 0) is 29.3 Å². The molecule has 0 N–H and O–H groups in total. The van der Waals surface area contributed by atoms with Crippen LogP contribution in [0.15, 0.2) is 0 Å². The highest BCUT2D eigenvalue weighted by Crippen LogP contribution is 2.42. The molecule has 0 spiro atoms. The lowest BCUT2D eigenvalue weighted by molar-refractivity contribution is -0.0387. The molecule has 0 aromatic heterocycles. The molecule has 0 saturated carbocycles. The van der Waals surface area contributed by atoms with Gasteiger partial charge in [0.25, 0.3) is 10.1 Å². The molecule has 0 aliphatic carbocycles. The Kier molecular flexibility index (Phi) is 9.47. The van der Waals surface area contributed by atoms with Gasteiger partial charge in [-0.2, -0.15) is 8.42 Å². The highest BCUT2D eigenvalue weighted by molar-refractivity contribution is 7.86. The first-order valence-electron chi connectivity index (χ1n) is 10.3. The van der Waals surface area contributed by atoms with E-state index in [-0.39, 0.29) is 28.4 Å². The second-order valence-electron chi connectivity index (χ2n) is 9.85. The number of unbranched alkanes of at least 4 members (excludes halogenated alkanes) is 2. The summed E-state index contributed by atoms with van der Waals surface area (Å²) in [5, 5.41) is 0.284. The predicted molar refractivity (Wildman–Crippen MR) is 113 cm³/mol. The first-order valence-corrected chi connectivity index (χ1v) is 13.5. The van der Waals surface area contributed by atoms with E-state index < -0.39 is 19.2 Å². The highest BCUT2D eigenvalue weighted by Gasteiger charge is 2.41. The van der Waals surface area contributed by atoms with Crippen LogP contribution in [0.4, 0.5) is 0 Å². The minimum Gasteiger partial charge on any atom is -0.413 e. The summed E-state index contributed by atoms with van der Waals surface area (Å²) in [5.41, 5.74) is 0. The third-order valence-corrected chi connectivity index (χ3v) is 8.50. The highest BCUT2D eigenvalue weighted by atomic mass is 32.2. The van der Waals surface area contributed by atoms with Gasteiger partial charge >= 0.3 is 0 Å². The SMILES string of the molecule is CCCCC[C@H](OS(C)(=O)=O)[C@@H]1CC[C@H](CO[Si](C(C)(C)C)C(C)(C)C)O1. The maximum Gasteiger partial charge on any atom is 0.264 e. The first kappa shape index (κ1) is 25.1. The van der Waals surface area contributed by atoms with Crippen LogP contribution in [-0.2, 0) is 23.5 Å². The molecule has 0 bridgehead atoms. The molecule has 1 heterocycles. The molecule has 1 aliphatic rings. The lowest BCUT2D eigenvalue weighted by Gasteiger charge is -2.38. The summed E-state index contributed by atoms with van der Waals surface area (Å²) in [6.45, 7) is 16.2. The third kappa shape index (κ3) is 9.39. The van der Waals surface area contributed by atoms with Crippen LogP contribution in [0.2, 0.25) is 10.1 Å². The third-order valence-electron chi connectivity index (χ3n) is 4.72. The fourth-order valence-corrected chi connectivity index (χ4v) is 8.12. The molecular weight excluding hydrogens is 380 g/mol. The number of ether oxygens (including phenoxy) is 1. The Balaban J connectivity index is 2.65. The van der Waals surface area contributed by atoms with Gasteiger partial charge in [-0.25, -0.2) is 0 Å². The number of hydrogen-bond donors (Lipinski definition) is 0. The van der Waals surface area contributed by atoms with E-state index >= 15 is 0 Å². The van der Waals surface area contributed by atoms with Gasteiger partial charge in [-0.1, -0.05) is 67.7 Å². The average molecular weight is 422 g/mol. The topological polar surface area (TPSA) is 61.8 Å². The van der Waals surface area contributed by atoms with Crippen molar-refractivity contribution in [1.82, 2.24) is 0 Å². The van der Waals surface area contributed by atoms with Crippen LogP contribution >= 0.6 is 0 Å². The van der Waals surface area contributed by atoms with Crippen molar-refractivity contribution in [2.75, 3.05) is 12.9 Å². The summed E-state index contributed by atoms with van der Waals surface area (Å²) < 4.78 is 41.2. The summed E-state index contributed by atoms with van der Waals surface area (Å²) in [6, 6.07) is 0. The summed E-state index contributed by atoms with van der Waals surface area (Å²) >= 11 is 0. The summed E-state index contributed by atoms with van der Waals surface area (Å²) in [5.74, 6) is 0. The Morgan fingerprint density at radius 2 is 1.67 bits per heavy atom. The zero-order chi connectivity index (χ0) is 20.9. The van der Waals surface area contributed by atoms with Crippen molar-refractivity contribution < 1.29 is 21.8 Å². The molecule has 0 unspecified atom stereocenters. The molecule has 5 nitrogen and oxygen atoms in total. The molecule has 3 atom stereocenters. The Hall–Kier alpha value is 0.0469. The van der Waals surface area contributed by atoms with Gasteiger partial charge in [0.1, 0.15) is 6.10 Å². The van der Waals surface area contributed by atoms with E-state index in [1.54, 1.807) is 0 Å². The van der Waals surface area contributed by atoms with E-state index in [4.69, 9.17) is 13.3 Å². The van der Waals surface area contributed by atoms with Crippen LogP contribution in [0.3, 0.4) is 0 Å². The van der Waals surface area contributed by atoms with Gasteiger partial charge in [0.2, 0.25) is 9.04 Å². The second kappa shape index (κ2) is 10.2. The van der Waals surface area contributed by atoms with E-state index in [0.717, 1.165) is 44.8 Å². The van der Waals surface area contributed by atoms with Gasteiger partial charge in [0, 0.05) is 0 Å². The summed E-state index contributed by atoms with van der Waals surface area (Å²) in [4.78, 5) is 0. The lowest BCUT2D eigenvalue weighted by atomic mass is 10.0. The molecular formula is C20H41O5SSi. The molecule has 0 aromatic rings. The molecule has 0 aromatic carbocycles. The van der Waals surface area contributed by atoms with Crippen molar-refractivity contribution in [3.63, 3.8) is 0 Å². The molecule has 161 valence electrons. The van der Waals surface area contributed by atoms with Crippen LogP contribution in [0.1, 0.15) is 87.0 Å². The van der Waals surface area contributed by atoms with Crippen molar-refractivity contribution in [2.45, 2.75) is 115 Å². The normalized spacial score (nSPS) is 23.1. The summed E-state index contributed by atoms with van der Waals surface area (Å²) in [6.07, 6.45) is 6.17. The largest absolute Gasteiger partial charge is 0.413 e. The molecule has 0 amide bonds. The van der Waals surface area contributed by atoms with Crippen molar-refractivity contribution in [2.24, 2.45) is 0 Å². The van der Waals surface area contributed by atoms with E-state index in [9.17, 15) is 8.42 Å². The monoisotopic (exact) mass is 421 g/mol. The first-order chi connectivity index (χ1) is 12.2. The van der Waals surface area contributed by atoms with Crippen LogP contribution in [0.5, 0.6) is 0 Å². The fourth-order valence-electron chi connectivity index (χ4n) is 3.98. The van der Waals surface area contributed by atoms with Crippen LogP contribution in [0, 0.1) is 0 Å². The molecule has 7 heteroatoms. The molecule has 27 heavy (non-hydrogen) atoms. The lowest BCUT2D eigenvalue weighted by Crippen LogP contribution is -2.40. The molecule has 1 rings (SSSR count). The van der Waals surface area contributed by atoms with Gasteiger partial charge < -0.3 is 9.16 Å². The molecule has 1 saturated heterocycles. The maximum absolute atomic E-state index is 11.6. The number of hydrogen-bond acceptors (Lipinski definition) is 5. The predicted octanol–water partition coefficient (Wildman–Crippen LogP) is 5.07. The minimum absolute atomic E-state index is 0.0246. The average Bonchev–Trinajstić information content (AvgIpc) is 2.91. The zero-order valence-electron chi connectivity index (χ0n) is 18.6. The number of rotatable bonds is 10. The van der Waals surface area contributed by atoms with Gasteiger partial charge in [-0.3, -0.25) is 4.18 Å². The quantitative estimate of drug-likeness (QED) is 0.280. The van der Waals surface area contributed by atoms with Gasteiger partial charge in [0.15, 0.2) is 0 Å². The van der Waals surface area contributed by atoms with E-state index in [2.05, 4.69) is 48.5 Å².